The van der Waals surface area contributed by atoms with Gasteiger partial charge in [0.15, 0.2) is 0 Å². The topological polar surface area (TPSA) is 35.6 Å². The van der Waals surface area contributed by atoms with Gasteiger partial charge < -0.3 is 15.1 Å². The summed E-state index contributed by atoms with van der Waals surface area (Å²) in [4.78, 5) is 16.1. The number of nitrogens with zero attached hydrogens (tertiary/aromatic N) is 2. The number of nitrogens with one attached hydrogen (secondary N) is 1. The van der Waals surface area contributed by atoms with Crippen molar-refractivity contribution in [2.75, 3.05) is 32.6 Å². The van der Waals surface area contributed by atoms with E-state index in [2.05, 4.69) is 5.32 Å². The molecule has 0 heterocycles. The predicted molar refractivity (Wildman–Crippen MR) is 105 cm³/mol. The van der Waals surface area contributed by atoms with Gasteiger partial charge in [0, 0.05) is 45.3 Å². The zero-order valence-corrected chi connectivity index (χ0v) is 16.2. The predicted octanol–water partition coefficient (Wildman–Crippen LogP) is 4.01. The van der Waals surface area contributed by atoms with Crippen LogP contribution >= 0.6 is 0 Å². The molecule has 0 saturated heterocycles. The second-order valence-corrected chi connectivity index (χ2v) is 7.47. The molecule has 0 unspecified atom stereocenters. The smallest absolute Gasteiger partial charge is 0.317 e. The lowest BCUT2D eigenvalue weighted by Crippen LogP contribution is -2.42. The van der Waals surface area contributed by atoms with Crippen molar-refractivity contribution >= 4 is 11.7 Å². The second-order valence-electron chi connectivity index (χ2n) is 7.47. The zero-order valence-electron chi connectivity index (χ0n) is 16.2. The Kier molecular flexibility index (Phi) is 6.24. The van der Waals surface area contributed by atoms with E-state index in [4.69, 9.17) is 0 Å². The number of amides is 2. The molecule has 0 bridgehead atoms. The first-order chi connectivity index (χ1) is 12.2. The fraction of sp³-hybridized carbons (Fsp3) is 0.381. The van der Waals surface area contributed by atoms with Gasteiger partial charge in [0.1, 0.15) is 5.82 Å². The van der Waals surface area contributed by atoms with Gasteiger partial charge >= 0.3 is 6.03 Å². The molecule has 2 aromatic carbocycles. The largest absolute Gasteiger partial charge is 0.378 e. The van der Waals surface area contributed by atoms with Gasteiger partial charge in [-0.1, -0.05) is 38.1 Å². The van der Waals surface area contributed by atoms with Gasteiger partial charge in [-0.15, -0.1) is 0 Å². The van der Waals surface area contributed by atoms with Crippen LogP contribution in [0.5, 0.6) is 0 Å². The molecule has 0 aliphatic carbocycles. The first-order valence-electron chi connectivity index (χ1n) is 8.70. The number of halogens is 1. The average Bonchev–Trinajstić information content (AvgIpc) is 2.60. The number of carbonyl (C=O) groups is 1. The molecule has 2 aromatic rings. The SMILES string of the molecule is CN(Cc1ccc(N(C)C)cc1)C(=O)NCC(C)(C)c1ccc(F)cc1. The monoisotopic (exact) mass is 357 g/mol. The second kappa shape index (κ2) is 8.21. The summed E-state index contributed by atoms with van der Waals surface area (Å²) in [6, 6.07) is 14.4. The highest BCUT2D eigenvalue weighted by atomic mass is 19.1. The Hall–Kier alpha value is -2.56. The van der Waals surface area contributed by atoms with Crippen LogP contribution in [-0.2, 0) is 12.0 Å². The Labute approximate surface area is 155 Å². The third-order valence-electron chi connectivity index (χ3n) is 4.53. The van der Waals surface area contributed by atoms with Crippen molar-refractivity contribution in [1.29, 1.82) is 0 Å². The molecule has 1 N–H and O–H groups in total. The van der Waals surface area contributed by atoms with Crippen molar-refractivity contribution < 1.29 is 9.18 Å². The molecule has 0 aliphatic rings. The van der Waals surface area contributed by atoms with E-state index in [0.717, 1.165) is 16.8 Å². The van der Waals surface area contributed by atoms with Crippen LogP contribution in [0.2, 0.25) is 0 Å². The molecule has 0 radical (unpaired) electrons. The minimum absolute atomic E-state index is 0.128. The molecule has 4 nitrogen and oxygen atoms in total. The van der Waals surface area contributed by atoms with Crippen LogP contribution in [0.25, 0.3) is 0 Å². The maximum Gasteiger partial charge on any atom is 0.317 e. The van der Waals surface area contributed by atoms with Gasteiger partial charge in [-0.25, -0.2) is 9.18 Å². The van der Waals surface area contributed by atoms with Gasteiger partial charge in [0.2, 0.25) is 0 Å². The Balaban J connectivity index is 1.91. The van der Waals surface area contributed by atoms with Crippen LogP contribution in [-0.4, -0.2) is 38.6 Å². The number of benzene rings is 2. The van der Waals surface area contributed by atoms with Crippen molar-refractivity contribution in [2.45, 2.75) is 25.8 Å². The lowest BCUT2D eigenvalue weighted by atomic mass is 9.84. The molecular weight excluding hydrogens is 329 g/mol. The first-order valence-corrected chi connectivity index (χ1v) is 8.70. The summed E-state index contributed by atoms with van der Waals surface area (Å²) < 4.78 is 13.1. The first kappa shape index (κ1) is 19.8. The Morgan fingerprint density at radius 2 is 1.58 bits per heavy atom. The molecule has 26 heavy (non-hydrogen) atoms. The minimum Gasteiger partial charge on any atom is -0.378 e. The van der Waals surface area contributed by atoms with Gasteiger partial charge in [-0.3, -0.25) is 0 Å². The average molecular weight is 357 g/mol. The summed E-state index contributed by atoms with van der Waals surface area (Å²) in [5, 5.41) is 2.97. The van der Waals surface area contributed by atoms with E-state index in [-0.39, 0.29) is 17.3 Å². The third kappa shape index (κ3) is 5.22. The summed E-state index contributed by atoms with van der Waals surface area (Å²) in [7, 11) is 5.77. The van der Waals surface area contributed by atoms with Crippen molar-refractivity contribution in [3.8, 4) is 0 Å². The van der Waals surface area contributed by atoms with Gasteiger partial charge in [-0.05, 0) is 35.4 Å². The fourth-order valence-corrected chi connectivity index (χ4v) is 2.68. The van der Waals surface area contributed by atoms with E-state index in [9.17, 15) is 9.18 Å². The molecule has 2 amide bonds. The highest BCUT2D eigenvalue weighted by molar-refractivity contribution is 5.74. The van der Waals surface area contributed by atoms with Crippen LogP contribution in [0.4, 0.5) is 14.9 Å². The Bertz CT molecular complexity index is 724. The molecule has 2 rings (SSSR count). The van der Waals surface area contributed by atoms with Gasteiger partial charge in [0.25, 0.3) is 0 Å². The van der Waals surface area contributed by atoms with E-state index in [1.807, 2.05) is 57.1 Å². The molecule has 0 atom stereocenters. The quantitative estimate of drug-likeness (QED) is 0.848. The normalized spacial score (nSPS) is 11.2. The van der Waals surface area contributed by atoms with Crippen LogP contribution < -0.4 is 10.2 Å². The number of anilines is 1. The van der Waals surface area contributed by atoms with Gasteiger partial charge in [-0.2, -0.15) is 0 Å². The van der Waals surface area contributed by atoms with Crippen molar-refractivity contribution in [3.05, 3.63) is 65.5 Å². The minimum atomic E-state index is -0.280. The highest BCUT2D eigenvalue weighted by Crippen LogP contribution is 2.22. The number of urea groups is 1. The lowest BCUT2D eigenvalue weighted by Gasteiger charge is -2.27. The zero-order chi connectivity index (χ0) is 19.3. The van der Waals surface area contributed by atoms with E-state index in [1.165, 1.54) is 12.1 Å². The van der Waals surface area contributed by atoms with Crippen LogP contribution in [0, 0.1) is 5.82 Å². The molecule has 0 fully saturated rings. The molecule has 0 aromatic heterocycles. The highest BCUT2D eigenvalue weighted by Gasteiger charge is 2.22. The van der Waals surface area contributed by atoms with Crippen LogP contribution in [0.3, 0.4) is 0 Å². The van der Waals surface area contributed by atoms with E-state index < -0.39 is 0 Å². The molecule has 140 valence electrons. The van der Waals surface area contributed by atoms with Crippen LogP contribution in [0.1, 0.15) is 25.0 Å². The Morgan fingerprint density at radius 3 is 2.12 bits per heavy atom. The summed E-state index contributed by atoms with van der Waals surface area (Å²) >= 11 is 0. The Morgan fingerprint density at radius 1 is 1.00 bits per heavy atom. The molecule has 0 aliphatic heterocycles. The summed E-state index contributed by atoms with van der Waals surface area (Å²) in [6.07, 6.45) is 0. The third-order valence-corrected chi connectivity index (χ3v) is 4.53. The molecule has 0 spiro atoms. The van der Waals surface area contributed by atoms with E-state index in [1.54, 1.807) is 24.1 Å². The maximum atomic E-state index is 13.1. The molecular formula is C21H28FN3O. The molecule has 0 saturated carbocycles. The maximum absolute atomic E-state index is 13.1. The standard InChI is InChI=1S/C21H28FN3O/c1-21(2,17-8-10-18(22)11-9-17)15-23-20(26)25(5)14-16-6-12-19(13-7-16)24(3)4/h6-13H,14-15H2,1-5H3,(H,23,26). The summed E-state index contributed by atoms with van der Waals surface area (Å²) in [5.74, 6) is -0.256. The van der Waals surface area contributed by atoms with Crippen LogP contribution in [0.15, 0.2) is 48.5 Å². The van der Waals surface area contributed by atoms with Gasteiger partial charge in [0.05, 0.1) is 0 Å². The lowest BCUT2D eigenvalue weighted by molar-refractivity contribution is 0.204. The summed E-state index contributed by atoms with van der Waals surface area (Å²) in [5.41, 5.74) is 2.91. The van der Waals surface area contributed by atoms with Crippen molar-refractivity contribution in [2.24, 2.45) is 0 Å². The number of hydrogen-bond donors (Lipinski definition) is 1. The molecule has 5 heteroatoms. The summed E-state index contributed by atoms with van der Waals surface area (Å²) in [6.45, 7) is 5.07. The van der Waals surface area contributed by atoms with E-state index >= 15 is 0 Å². The van der Waals surface area contributed by atoms with E-state index in [0.29, 0.717) is 13.1 Å². The van der Waals surface area contributed by atoms with Crippen molar-refractivity contribution in [3.63, 3.8) is 0 Å². The fourth-order valence-electron chi connectivity index (χ4n) is 2.68. The number of carbonyl (C=O) groups excluding carboxylic acids is 1. The number of hydrogen-bond acceptors (Lipinski definition) is 2. The number of rotatable bonds is 6. The van der Waals surface area contributed by atoms with Crippen molar-refractivity contribution in [1.82, 2.24) is 10.2 Å².